The third-order valence-electron chi connectivity index (χ3n) is 2.90. The summed E-state index contributed by atoms with van der Waals surface area (Å²) < 4.78 is 16.0. The molecule has 0 saturated heterocycles. The van der Waals surface area contributed by atoms with Crippen LogP contribution < -0.4 is 15.2 Å². The molecule has 0 amide bonds. The molecule has 17 heavy (non-hydrogen) atoms. The van der Waals surface area contributed by atoms with Gasteiger partial charge in [-0.15, -0.1) is 0 Å². The first-order valence-corrected chi connectivity index (χ1v) is 5.68. The van der Waals surface area contributed by atoms with Gasteiger partial charge in [-0.2, -0.15) is 0 Å². The number of nitrogens with two attached hydrogens (primary N) is 1. The van der Waals surface area contributed by atoms with Crippen LogP contribution in [0.1, 0.15) is 24.9 Å². The summed E-state index contributed by atoms with van der Waals surface area (Å²) in [6.07, 6.45) is 0.777. The van der Waals surface area contributed by atoms with Gasteiger partial charge in [0.05, 0.1) is 31.9 Å². The van der Waals surface area contributed by atoms with Crippen molar-refractivity contribution in [2.45, 2.75) is 25.5 Å². The van der Waals surface area contributed by atoms with Gasteiger partial charge in [-0.05, 0) is 18.6 Å². The molecule has 0 aromatic heterocycles. The fourth-order valence-electron chi connectivity index (χ4n) is 1.96. The van der Waals surface area contributed by atoms with E-state index in [0.717, 1.165) is 23.5 Å². The Hall–Kier alpha value is -1.26. The molecule has 0 spiro atoms. The van der Waals surface area contributed by atoms with E-state index in [4.69, 9.17) is 19.9 Å². The van der Waals surface area contributed by atoms with Crippen molar-refractivity contribution in [1.29, 1.82) is 0 Å². The molecule has 4 nitrogen and oxygen atoms in total. The van der Waals surface area contributed by atoms with E-state index in [2.05, 4.69) is 0 Å². The van der Waals surface area contributed by atoms with E-state index in [0.29, 0.717) is 0 Å². The van der Waals surface area contributed by atoms with Gasteiger partial charge < -0.3 is 19.9 Å². The third kappa shape index (κ3) is 2.90. The van der Waals surface area contributed by atoms with Crippen LogP contribution in [0.15, 0.2) is 18.2 Å². The van der Waals surface area contributed by atoms with Crippen LogP contribution in [0.25, 0.3) is 0 Å². The Labute approximate surface area is 103 Å². The Balaban J connectivity index is 3.17. The molecular formula is C13H21NO3. The quantitative estimate of drug-likeness (QED) is 0.826. The van der Waals surface area contributed by atoms with Crippen molar-refractivity contribution in [2.24, 2.45) is 5.73 Å². The lowest BCUT2D eigenvalue weighted by Crippen LogP contribution is -2.28. The molecule has 1 rings (SSSR count). The van der Waals surface area contributed by atoms with Gasteiger partial charge in [0.2, 0.25) is 0 Å². The van der Waals surface area contributed by atoms with Gasteiger partial charge in [-0.3, -0.25) is 0 Å². The van der Waals surface area contributed by atoms with Gasteiger partial charge in [0.15, 0.2) is 0 Å². The normalized spacial score (nSPS) is 14.2. The van der Waals surface area contributed by atoms with Gasteiger partial charge in [-0.25, -0.2) is 0 Å². The van der Waals surface area contributed by atoms with E-state index in [1.165, 1.54) is 0 Å². The monoisotopic (exact) mass is 239 g/mol. The van der Waals surface area contributed by atoms with Crippen LogP contribution in [-0.4, -0.2) is 27.4 Å². The van der Waals surface area contributed by atoms with Gasteiger partial charge >= 0.3 is 0 Å². The van der Waals surface area contributed by atoms with E-state index < -0.39 is 0 Å². The maximum atomic E-state index is 6.23. The number of benzene rings is 1. The minimum Gasteiger partial charge on any atom is -0.496 e. The highest BCUT2D eigenvalue weighted by Crippen LogP contribution is 2.35. The van der Waals surface area contributed by atoms with Crippen LogP contribution >= 0.6 is 0 Å². The van der Waals surface area contributed by atoms with E-state index in [1.807, 2.05) is 25.1 Å². The van der Waals surface area contributed by atoms with Crippen LogP contribution in [0.5, 0.6) is 11.5 Å². The molecule has 0 bridgehead atoms. The Morgan fingerprint density at radius 1 is 1.12 bits per heavy atom. The molecule has 0 aliphatic rings. The Morgan fingerprint density at radius 2 is 1.65 bits per heavy atom. The molecule has 0 heterocycles. The van der Waals surface area contributed by atoms with Crippen LogP contribution in [0.4, 0.5) is 0 Å². The van der Waals surface area contributed by atoms with Gasteiger partial charge in [0.25, 0.3) is 0 Å². The van der Waals surface area contributed by atoms with Crippen molar-refractivity contribution >= 4 is 0 Å². The largest absolute Gasteiger partial charge is 0.496 e. The molecule has 1 aromatic rings. The van der Waals surface area contributed by atoms with Crippen LogP contribution in [0.2, 0.25) is 0 Å². The Kier molecular flexibility index (Phi) is 5.25. The van der Waals surface area contributed by atoms with E-state index in [-0.39, 0.29) is 12.1 Å². The zero-order valence-electron chi connectivity index (χ0n) is 10.9. The summed E-state index contributed by atoms with van der Waals surface area (Å²) in [5.74, 6) is 1.46. The van der Waals surface area contributed by atoms with Crippen LogP contribution in [0.3, 0.4) is 0 Å². The highest BCUT2D eigenvalue weighted by atomic mass is 16.5. The molecule has 4 heteroatoms. The molecule has 0 fully saturated rings. The lowest BCUT2D eigenvalue weighted by molar-refractivity contribution is 0.0756. The first-order chi connectivity index (χ1) is 8.19. The summed E-state index contributed by atoms with van der Waals surface area (Å²) >= 11 is 0. The number of hydrogen-bond donors (Lipinski definition) is 1. The van der Waals surface area contributed by atoms with Crippen molar-refractivity contribution in [1.82, 2.24) is 0 Å². The molecule has 0 saturated carbocycles. The van der Waals surface area contributed by atoms with E-state index in [9.17, 15) is 0 Å². The number of hydrogen-bond acceptors (Lipinski definition) is 4. The zero-order valence-corrected chi connectivity index (χ0v) is 10.9. The number of ether oxygens (including phenoxy) is 3. The average Bonchev–Trinajstić information content (AvgIpc) is 2.38. The second-order valence-corrected chi connectivity index (χ2v) is 3.78. The third-order valence-corrected chi connectivity index (χ3v) is 2.90. The fourth-order valence-corrected chi connectivity index (χ4v) is 1.96. The molecular weight excluding hydrogens is 218 g/mol. The first kappa shape index (κ1) is 13.8. The second kappa shape index (κ2) is 6.47. The molecule has 0 aliphatic carbocycles. The average molecular weight is 239 g/mol. The van der Waals surface area contributed by atoms with Gasteiger partial charge in [-0.1, -0.05) is 13.0 Å². The van der Waals surface area contributed by atoms with Crippen molar-refractivity contribution in [3.63, 3.8) is 0 Å². The van der Waals surface area contributed by atoms with E-state index in [1.54, 1.807) is 21.3 Å². The minimum absolute atomic E-state index is 0.0554. The van der Waals surface area contributed by atoms with Crippen molar-refractivity contribution in [2.75, 3.05) is 21.3 Å². The van der Waals surface area contributed by atoms with Crippen LogP contribution in [-0.2, 0) is 4.74 Å². The lowest BCUT2D eigenvalue weighted by atomic mass is 9.98. The molecule has 0 radical (unpaired) electrons. The van der Waals surface area contributed by atoms with Gasteiger partial charge in [0, 0.05) is 7.11 Å². The molecule has 2 unspecified atom stereocenters. The number of rotatable bonds is 6. The molecule has 2 atom stereocenters. The summed E-state index contributed by atoms with van der Waals surface area (Å²) in [5, 5.41) is 0. The maximum absolute atomic E-state index is 6.23. The smallest absolute Gasteiger partial charge is 0.127 e. The fraction of sp³-hybridized carbons (Fsp3) is 0.538. The molecule has 96 valence electrons. The molecule has 0 aliphatic heterocycles. The first-order valence-electron chi connectivity index (χ1n) is 5.68. The Morgan fingerprint density at radius 3 is 2.00 bits per heavy atom. The summed E-state index contributed by atoms with van der Waals surface area (Å²) in [7, 11) is 4.91. The van der Waals surface area contributed by atoms with Crippen LogP contribution in [0, 0.1) is 0 Å². The lowest BCUT2D eigenvalue weighted by Gasteiger charge is -2.24. The number of methoxy groups -OCH3 is 3. The van der Waals surface area contributed by atoms with Crippen molar-refractivity contribution in [3.05, 3.63) is 23.8 Å². The van der Waals surface area contributed by atoms with Crippen molar-refractivity contribution in [3.8, 4) is 11.5 Å². The summed E-state index contributed by atoms with van der Waals surface area (Å²) in [6.45, 7) is 2.04. The highest BCUT2D eigenvalue weighted by molar-refractivity contribution is 5.47. The Bertz CT molecular complexity index is 328. The summed E-state index contributed by atoms with van der Waals surface area (Å²) in [5.41, 5.74) is 7.08. The summed E-state index contributed by atoms with van der Waals surface area (Å²) in [6, 6.07) is 5.36. The standard InChI is InChI=1S/C13H21NO3/c1-5-9(15-2)13(14)12-10(16-3)7-6-8-11(12)17-4/h6-9,13H,5,14H2,1-4H3. The predicted octanol–water partition coefficient (Wildman–Crippen LogP) is 2.13. The maximum Gasteiger partial charge on any atom is 0.127 e. The van der Waals surface area contributed by atoms with E-state index >= 15 is 0 Å². The predicted molar refractivity (Wildman–Crippen MR) is 67.6 cm³/mol. The second-order valence-electron chi connectivity index (χ2n) is 3.78. The molecule has 2 N–H and O–H groups in total. The topological polar surface area (TPSA) is 53.7 Å². The van der Waals surface area contributed by atoms with Gasteiger partial charge in [0.1, 0.15) is 11.5 Å². The summed E-state index contributed by atoms with van der Waals surface area (Å²) in [4.78, 5) is 0. The highest BCUT2D eigenvalue weighted by Gasteiger charge is 2.24. The van der Waals surface area contributed by atoms with Crippen molar-refractivity contribution < 1.29 is 14.2 Å². The molecule has 1 aromatic carbocycles. The zero-order chi connectivity index (χ0) is 12.8. The minimum atomic E-state index is -0.268. The SMILES string of the molecule is CCC(OC)C(N)c1c(OC)cccc1OC.